The van der Waals surface area contributed by atoms with E-state index in [-0.39, 0.29) is 0 Å². The van der Waals surface area contributed by atoms with Crippen molar-refractivity contribution in [3.05, 3.63) is 35.7 Å². The summed E-state index contributed by atoms with van der Waals surface area (Å²) >= 11 is 0. The third-order valence-corrected chi connectivity index (χ3v) is 3.40. The number of ether oxygens (including phenoxy) is 1. The van der Waals surface area contributed by atoms with Gasteiger partial charge in [0.25, 0.3) is 0 Å². The van der Waals surface area contributed by atoms with Crippen LogP contribution < -0.4 is 10.6 Å². The van der Waals surface area contributed by atoms with E-state index in [4.69, 9.17) is 4.74 Å². The summed E-state index contributed by atoms with van der Waals surface area (Å²) in [6.45, 7) is 9.39. The molecule has 2 N–H and O–H groups in total. The van der Waals surface area contributed by atoms with Crippen LogP contribution in [-0.4, -0.2) is 35.0 Å². The molecule has 6 heteroatoms. The molecule has 2 aromatic rings. The fraction of sp³-hybridized carbons (Fsp3) is 0.333. The molecule has 0 saturated heterocycles. The molecule has 110 valence electrons. The average Bonchev–Trinajstić information content (AvgIpc) is 2.77. The Morgan fingerprint density at radius 2 is 2.24 bits per heavy atom. The number of anilines is 1. The number of allylic oxidation sites excluding steroid dienone is 1. The molecule has 1 aliphatic heterocycles. The van der Waals surface area contributed by atoms with E-state index in [2.05, 4.69) is 40.3 Å². The van der Waals surface area contributed by atoms with Crippen molar-refractivity contribution in [3.63, 3.8) is 0 Å². The molecule has 0 unspecified atom stereocenters. The molecule has 21 heavy (non-hydrogen) atoms. The number of nitrogens with one attached hydrogen (secondary N) is 2. The number of methoxy groups -OCH3 is 1. The fourth-order valence-corrected chi connectivity index (χ4v) is 2.54. The van der Waals surface area contributed by atoms with E-state index in [1.165, 1.54) is 0 Å². The van der Waals surface area contributed by atoms with Crippen LogP contribution in [-0.2, 0) is 4.74 Å². The Morgan fingerprint density at radius 1 is 1.43 bits per heavy atom. The second-order valence-electron chi connectivity index (χ2n) is 5.14. The Morgan fingerprint density at radius 3 is 3.00 bits per heavy atom. The molecule has 0 amide bonds. The molecular formula is C15H19N5O. The van der Waals surface area contributed by atoms with Gasteiger partial charge in [0.2, 0.25) is 0 Å². The van der Waals surface area contributed by atoms with Gasteiger partial charge in [-0.05, 0) is 25.5 Å². The number of rotatable bonds is 4. The maximum atomic E-state index is 5.07. The van der Waals surface area contributed by atoms with Crippen LogP contribution in [0.1, 0.15) is 11.3 Å². The first-order chi connectivity index (χ1) is 10.1. The van der Waals surface area contributed by atoms with Crippen LogP contribution in [0.5, 0.6) is 0 Å². The number of hydrogen-bond acceptors (Lipinski definition) is 5. The lowest BCUT2D eigenvalue weighted by molar-refractivity contribution is 0.203. The largest absolute Gasteiger partial charge is 0.383 e. The van der Waals surface area contributed by atoms with Gasteiger partial charge in [0.05, 0.1) is 12.0 Å². The first-order valence-electron chi connectivity index (χ1n) is 6.88. The molecule has 0 bridgehead atoms. The van der Waals surface area contributed by atoms with E-state index in [0.717, 1.165) is 39.6 Å². The highest BCUT2D eigenvalue weighted by Crippen LogP contribution is 2.31. The molecule has 0 fully saturated rings. The average molecular weight is 285 g/mol. The maximum Gasteiger partial charge on any atom is 0.184 e. The molecule has 0 aromatic carbocycles. The number of nitrogens with zero attached hydrogens (tertiary/aromatic N) is 3. The van der Waals surface area contributed by atoms with Crippen molar-refractivity contribution in [2.24, 2.45) is 0 Å². The predicted molar refractivity (Wildman–Crippen MR) is 83.9 cm³/mol. The summed E-state index contributed by atoms with van der Waals surface area (Å²) < 4.78 is 6.91. The second-order valence-corrected chi connectivity index (χ2v) is 5.14. The third kappa shape index (κ3) is 2.38. The first kappa shape index (κ1) is 13.6. The minimum absolute atomic E-state index is 0.629. The van der Waals surface area contributed by atoms with E-state index in [0.29, 0.717) is 13.2 Å². The van der Waals surface area contributed by atoms with Gasteiger partial charge < -0.3 is 15.4 Å². The van der Waals surface area contributed by atoms with Gasteiger partial charge >= 0.3 is 0 Å². The Bertz CT molecular complexity index is 744. The van der Waals surface area contributed by atoms with Gasteiger partial charge in [-0.3, -0.25) is 0 Å². The van der Waals surface area contributed by atoms with E-state index in [1.807, 2.05) is 17.7 Å². The molecule has 0 saturated carbocycles. The van der Waals surface area contributed by atoms with E-state index in [1.54, 1.807) is 7.11 Å². The van der Waals surface area contributed by atoms with Crippen LogP contribution in [0, 0.1) is 13.8 Å². The topological polar surface area (TPSA) is 64.0 Å². The summed E-state index contributed by atoms with van der Waals surface area (Å²) in [6, 6.07) is 2.06. The highest BCUT2D eigenvalue weighted by atomic mass is 16.5. The molecule has 3 heterocycles. The Balaban J connectivity index is 2.09. The smallest absolute Gasteiger partial charge is 0.184 e. The molecular weight excluding hydrogens is 266 g/mol. The Hall–Kier alpha value is -2.34. The van der Waals surface area contributed by atoms with Crippen LogP contribution in [0.15, 0.2) is 24.4 Å². The number of hydrogen-bond donors (Lipinski definition) is 2. The van der Waals surface area contributed by atoms with E-state index >= 15 is 0 Å². The van der Waals surface area contributed by atoms with Gasteiger partial charge in [0, 0.05) is 31.1 Å². The van der Waals surface area contributed by atoms with Gasteiger partial charge in [0.15, 0.2) is 5.65 Å². The lowest BCUT2D eigenvalue weighted by Gasteiger charge is -2.20. The maximum absolute atomic E-state index is 5.07. The number of pyridine rings is 1. The number of aryl methyl sites for hydroxylation is 2. The summed E-state index contributed by atoms with van der Waals surface area (Å²) in [5.74, 6) is 1.78. The van der Waals surface area contributed by atoms with E-state index in [9.17, 15) is 0 Å². The lowest BCUT2D eigenvalue weighted by atomic mass is 10.1. The highest BCUT2D eigenvalue weighted by molar-refractivity contribution is 5.94. The Kier molecular flexibility index (Phi) is 3.39. The predicted octanol–water partition coefficient (Wildman–Crippen LogP) is 2.02. The summed E-state index contributed by atoms with van der Waals surface area (Å²) in [5, 5.41) is 12.2. The zero-order valence-electron chi connectivity index (χ0n) is 12.5. The minimum atomic E-state index is 0.629. The molecule has 0 aliphatic carbocycles. The van der Waals surface area contributed by atoms with Crippen molar-refractivity contribution in [3.8, 4) is 0 Å². The normalized spacial score (nSPS) is 13.9. The summed E-state index contributed by atoms with van der Waals surface area (Å²) in [6.07, 6.45) is 1.93. The van der Waals surface area contributed by atoms with Gasteiger partial charge in [-0.1, -0.05) is 6.58 Å². The number of fused-ring (bicyclic) bond motifs is 3. The molecule has 1 aliphatic rings. The monoisotopic (exact) mass is 285 g/mol. The molecule has 3 rings (SSSR count). The third-order valence-electron chi connectivity index (χ3n) is 3.40. The summed E-state index contributed by atoms with van der Waals surface area (Å²) in [5.41, 5.74) is 3.68. The van der Waals surface area contributed by atoms with Gasteiger partial charge in [-0.15, -0.1) is 5.10 Å². The number of aromatic nitrogens is 3. The fourth-order valence-electron chi connectivity index (χ4n) is 2.54. The second kappa shape index (κ2) is 5.21. The SMILES string of the molecule is C=C1C=C(NCCOC)n2nc3nc(C)cc(C)c3c2N1. The van der Waals surface area contributed by atoms with Crippen molar-refractivity contribution in [2.75, 3.05) is 25.6 Å². The van der Waals surface area contributed by atoms with Gasteiger partial charge in [-0.25, -0.2) is 4.98 Å². The van der Waals surface area contributed by atoms with Crippen molar-refractivity contribution < 1.29 is 4.74 Å². The summed E-state index contributed by atoms with van der Waals surface area (Å²) in [4.78, 5) is 4.52. The van der Waals surface area contributed by atoms with E-state index < -0.39 is 0 Å². The van der Waals surface area contributed by atoms with Crippen molar-refractivity contribution >= 4 is 22.7 Å². The Labute approximate surface area is 123 Å². The van der Waals surface area contributed by atoms with Crippen molar-refractivity contribution in [2.45, 2.75) is 13.8 Å². The first-order valence-corrected chi connectivity index (χ1v) is 6.88. The van der Waals surface area contributed by atoms with Crippen LogP contribution in [0.25, 0.3) is 16.9 Å². The van der Waals surface area contributed by atoms with Crippen LogP contribution in [0.3, 0.4) is 0 Å². The van der Waals surface area contributed by atoms with Crippen molar-refractivity contribution in [1.29, 1.82) is 0 Å². The lowest BCUT2D eigenvalue weighted by Crippen LogP contribution is -2.26. The quantitative estimate of drug-likeness (QED) is 0.841. The van der Waals surface area contributed by atoms with Crippen LogP contribution in [0.4, 0.5) is 5.82 Å². The van der Waals surface area contributed by atoms with Crippen LogP contribution in [0.2, 0.25) is 0 Å². The van der Waals surface area contributed by atoms with Gasteiger partial charge in [-0.2, -0.15) is 4.68 Å². The van der Waals surface area contributed by atoms with Gasteiger partial charge in [0.1, 0.15) is 11.6 Å². The molecule has 0 spiro atoms. The zero-order valence-corrected chi connectivity index (χ0v) is 12.5. The molecule has 2 aromatic heterocycles. The van der Waals surface area contributed by atoms with Crippen LogP contribution >= 0.6 is 0 Å². The molecule has 0 radical (unpaired) electrons. The highest BCUT2D eigenvalue weighted by Gasteiger charge is 2.21. The minimum Gasteiger partial charge on any atom is -0.383 e. The van der Waals surface area contributed by atoms with Crippen molar-refractivity contribution in [1.82, 2.24) is 20.1 Å². The molecule has 0 atom stereocenters. The summed E-state index contributed by atoms with van der Waals surface area (Å²) in [7, 11) is 1.68. The standard InChI is InChI=1S/C15H19N5O/c1-9-7-10(2)17-14-13(9)15-18-11(3)8-12(20(15)19-14)16-5-6-21-4/h7-8,16,18H,3,5-6H2,1-2,4H3. The molecule has 6 nitrogen and oxygen atoms in total. The zero-order chi connectivity index (χ0) is 15.0.